The van der Waals surface area contributed by atoms with Crippen molar-refractivity contribution in [2.24, 2.45) is 10.8 Å². The molecule has 4 aliphatic rings. The van der Waals surface area contributed by atoms with Crippen LogP contribution in [0.5, 0.6) is 0 Å². The Morgan fingerprint density at radius 2 is 1.54 bits per heavy atom. The average Bonchev–Trinajstić information content (AvgIpc) is 2.78. The lowest BCUT2D eigenvalue weighted by atomic mass is 9.82. The van der Waals surface area contributed by atoms with E-state index in [0.29, 0.717) is 23.0 Å². The molecule has 0 aromatic heterocycles. The van der Waals surface area contributed by atoms with Gasteiger partial charge in [-0.1, -0.05) is 38.3 Å². The zero-order chi connectivity index (χ0) is 8.90. The first kappa shape index (κ1) is 8.12. The number of halogens is 2. The Labute approximate surface area is 94.8 Å². The molecule has 1 aliphatic heterocycles. The highest BCUT2D eigenvalue weighted by Gasteiger charge is 2.89. The highest BCUT2D eigenvalue weighted by Crippen LogP contribution is 2.91. The van der Waals surface area contributed by atoms with Crippen molar-refractivity contribution >= 4 is 31.9 Å². The molecule has 4 atom stereocenters. The summed E-state index contributed by atoms with van der Waals surface area (Å²) in [5.74, 6) is 0. The van der Waals surface area contributed by atoms with Crippen LogP contribution in [0.4, 0.5) is 0 Å². The molecule has 0 bridgehead atoms. The number of epoxide rings is 1. The van der Waals surface area contributed by atoms with Gasteiger partial charge in [-0.15, -0.1) is 0 Å². The second-order valence-electron chi connectivity index (χ2n) is 5.21. The normalized spacial score (nSPS) is 65.1. The van der Waals surface area contributed by atoms with Crippen LogP contribution in [0.25, 0.3) is 0 Å². The van der Waals surface area contributed by atoms with Gasteiger partial charge in [-0.25, -0.2) is 0 Å². The summed E-state index contributed by atoms with van der Waals surface area (Å²) in [5, 5.41) is 0. The van der Waals surface area contributed by atoms with Gasteiger partial charge < -0.3 is 4.74 Å². The standard InChI is InChI=1S/C10H12Br2O/c11-10(12)8-2-1-3-9(8,10)5-7-6(4-8)13-7/h6-7H,1-5H2/t6-,7+,8+,9-. The van der Waals surface area contributed by atoms with Gasteiger partial charge in [0.1, 0.15) is 0 Å². The summed E-state index contributed by atoms with van der Waals surface area (Å²) in [6.45, 7) is 0. The molecule has 0 aromatic rings. The summed E-state index contributed by atoms with van der Waals surface area (Å²) in [5.41, 5.74) is 1.11. The topological polar surface area (TPSA) is 12.5 Å². The summed E-state index contributed by atoms with van der Waals surface area (Å²) in [6, 6.07) is 0. The van der Waals surface area contributed by atoms with Gasteiger partial charge in [0.05, 0.1) is 15.4 Å². The lowest BCUT2D eigenvalue weighted by molar-refractivity contribution is 0.309. The Morgan fingerprint density at radius 1 is 1.00 bits per heavy atom. The number of alkyl halides is 2. The van der Waals surface area contributed by atoms with Crippen LogP contribution >= 0.6 is 31.9 Å². The van der Waals surface area contributed by atoms with Gasteiger partial charge >= 0.3 is 0 Å². The minimum Gasteiger partial charge on any atom is -0.370 e. The zero-order valence-corrected chi connectivity index (χ0v) is 10.5. The van der Waals surface area contributed by atoms with E-state index in [9.17, 15) is 0 Å². The molecule has 0 radical (unpaired) electrons. The first-order valence-corrected chi connectivity index (χ1v) is 6.75. The van der Waals surface area contributed by atoms with E-state index >= 15 is 0 Å². The summed E-state index contributed by atoms with van der Waals surface area (Å²) in [7, 11) is 0. The zero-order valence-electron chi connectivity index (χ0n) is 7.35. The molecule has 0 aromatic carbocycles. The first-order valence-electron chi connectivity index (χ1n) is 5.16. The summed E-state index contributed by atoms with van der Waals surface area (Å²) in [6.07, 6.45) is 8.05. The van der Waals surface area contributed by atoms with E-state index in [1.807, 2.05) is 0 Å². The molecule has 1 saturated heterocycles. The van der Waals surface area contributed by atoms with E-state index in [-0.39, 0.29) is 3.23 Å². The average molecular weight is 308 g/mol. The van der Waals surface area contributed by atoms with Gasteiger partial charge in [-0.3, -0.25) is 0 Å². The van der Waals surface area contributed by atoms with Gasteiger partial charge in [0.15, 0.2) is 0 Å². The van der Waals surface area contributed by atoms with Crippen molar-refractivity contribution in [1.82, 2.24) is 0 Å². The Morgan fingerprint density at radius 3 is 2.08 bits per heavy atom. The number of rotatable bonds is 0. The van der Waals surface area contributed by atoms with Crippen LogP contribution in [0.3, 0.4) is 0 Å². The molecule has 3 aliphatic carbocycles. The fourth-order valence-electron chi connectivity index (χ4n) is 4.30. The van der Waals surface area contributed by atoms with Gasteiger partial charge in [0.2, 0.25) is 0 Å². The molecule has 3 heteroatoms. The number of hydrogen-bond donors (Lipinski definition) is 0. The third kappa shape index (κ3) is 0.618. The van der Waals surface area contributed by atoms with Crippen molar-refractivity contribution in [3.63, 3.8) is 0 Å². The van der Waals surface area contributed by atoms with Gasteiger partial charge in [-0.05, 0) is 25.7 Å². The van der Waals surface area contributed by atoms with Crippen molar-refractivity contribution < 1.29 is 4.74 Å². The first-order chi connectivity index (χ1) is 6.13. The molecule has 0 spiro atoms. The smallest absolute Gasteiger partial charge is 0.0931 e. The Kier molecular flexibility index (Phi) is 1.20. The van der Waals surface area contributed by atoms with E-state index in [4.69, 9.17) is 4.74 Å². The van der Waals surface area contributed by atoms with Crippen molar-refractivity contribution in [2.75, 3.05) is 0 Å². The molecule has 1 heterocycles. The Hall–Kier alpha value is 0.920. The monoisotopic (exact) mass is 306 g/mol. The summed E-state index contributed by atoms with van der Waals surface area (Å²) in [4.78, 5) is 0. The number of hydrogen-bond acceptors (Lipinski definition) is 1. The van der Waals surface area contributed by atoms with Crippen molar-refractivity contribution in [2.45, 2.75) is 47.5 Å². The van der Waals surface area contributed by atoms with Crippen LogP contribution in [0.15, 0.2) is 0 Å². The van der Waals surface area contributed by atoms with E-state index in [2.05, 4.69) is 31.9 Å². The molecular weight excluding hydrogens is 296 g/mol. The Balaban J connectivity index is 1.84. The van der Waals surface area contributed by atoms with E-state index in [1.165, 1.54) is 32.1 Å². The maximum absolute atomic E-state index is 5.66. The van der Waals surface area contributed by atoms with Gasteiger partial charge in [0.25, 0.3) is 0 Å². The van der Waals surface area contributed by atoms with Crippen molar-refractivity contribution in [3.05, 3.63) is 0 Å². The highest BCUT2D eigenvalue weighted by atomic mass is 79.9. The van der Waals surface area contributed by atoms with Crippen molar-refractivity contribution in [1.29, 1.82) is 0 Å². The maximum Gasteiger partial charge on any atom is 0.0931 e. The molecule has 1 nitrogen and oxygen atoms in total. The van der Waals surface area contributed by atoms with E-state index in [0.717, 1.165) is 0 Å². The highest BCUT2D eigenvalue weighted by molar-refractivity contribution is 9.25. The second kappa shape index (κ2) is 1.92. The molecule has 4 fully saturated rings. The van der Waals surface area contributed by atoms with Gasteiger partial charge in [-0.2, -0.15) is 0 Å². The van der Waals surface area contributed by atoms with Crippen molar-refractivity contribution in [3.8, 4) is 0 Å². The van der Waals surface area contributed by atoms with Crippen LogP contribution in [-0.2, 0) is 4.74 Å². The minimum absolute atomic E-state index is 0.273. The van der Waals surface area contributed by atoms with Crippen LogP contribution in [0, 0.1) is 10.8 Å². The number of fused-ring (bicyclic) bond motifs is 1. The maximum atomic E-state index is 5.66. The van der Waals surface area contributed by atoms with Crippen LogP contribution in [-0.4, -0.2) is 15.4 Å². The largest absolute Gasteiger partial charge is 0.370 e. The molecule has 13 heavy (non-hydrogen) atoms. The number of ether oxygens (including phenoxy) is 1. The second-order valence-corrected chi connectivity index (χ2v) is 8.66. The molecule has 0 amide bonds. The SMILES string of the molecule is BrC1(Br)[C@@]23CCC[C@@]12C[C@H]1O[C@H]1C3. The lowest BCUT2D eigenvalue weighted by Crippen LogP contribution is -2.19. The minimum atomic E-state index is 0.273. The fraction of sp³-hybridized carbons (Fsp3) is 1.00. The van der Waals surface area contributed by atoms with Crippen LogP contribution in [0.2, 0.25) is 0 Å². The summed E-state index contributed by atoms with van der Waals surface area (Å²) >= 11 is 7.83. The predicted molar refractivity (Wildman–Crippen MR) is 57.2 cm³/mol. The fourth-order valence-corrected chi connectivity index (χ4v) is 7.06. The van der Waals surface area contributed by atoms with Crippen LogP contribution in [0.1, 0.15) is 32.1 Å². The predicted octanol–water partition coefficient (Wildman–Crippen LogP) is 3.20. The van der Waals surface area contributed by atoms with E-state index in [1.54, 1.807) is 0 Å². The molecule has 4 rings (SSSR count). The quantitative estimate of drug-likeness (QED) is 0.494. The van der Waals surface area contributed by atoms with Gasteiger partial charge in [0, 0.05) is 10.8 Å². The third-order valence-corrected chi connectivity index (χ3v) is 8.09. The molecule has 0 N–H and O–H groups in total. The Bertz CT molecular complexity index is 277. The lowest BCUT2D eigenvalue weighted by Gasteiger charge is -2.18. The third-order valence-electron chi connectivity index (χ3n) is 5.05. The summed E-state index contributed by atoms with van der Waals surface area (Å²) < 4.78 is 5.93. The van der Waals surface area contributed by atoms with Crippen LogP contribution < -0.4 is 0 Å². The molecule has 0 unspecified atom stereocenters. The van der Waals surface area contributed by atoms with E-state index < -0.39 is 0 Å². The molecule has 72 valence electrons. The molecular formula is C10H12Br2O. The molecule has 3 saturated carbocycles.